The molecule has 0 saturated heterocycles. The number of nitrogens with zero attached hydrogens (tertiary/aromatic N) is 2. The molecule has 1 atom stereocenters. The summed E-state index contributed by atoms with van der Waals surface area (Å²) in [4.78, 5) is 16.8. The SMILES string of the molecule is COc1ccc(C(C)NC(=O)c2cn3cccc(C)c3n2)cc1. The Bertz CT molecular complexity index is 837. The predicted octanol–water partition coefficient (Wildman–Crippen LogP) is 3.14. The number of aryl methyl sites for hydroxylation is 1. The summed E-state index contributed by atoms with van der Waals surface area (Å²) in [5.74, 6) is 0.611. The van der Waals surface area contributed by atoms with Gasteiger partial charge in [-0.25, -0.2) is 4.98 Å². The van der Waals surface area contributed by atoms with Gasteiger partial charge in [0.2, 0.25) is 0 Å². The van der Waals surface area contributed by atoms with Gasteiger partial charge in [-0.05, 0) is 43.2 Å². The molecule has 1 aromatic carbocycles. The lowest BCUT2D eigenvalue weighted by Gasteiger charge is -2.13. The summed E-state index contributed by atoms with van der Waals surface area (Å²) < 4.78 is 7.01. The molecule has 3 rings (SSSR count). The number of imidazole rings is 1. The lowest BCUT2D eigenvalue weighted by Crippen LogP contribution is -2.26. The molecule has 0 fully saturated rings. The molecule has 1 N–H and O–H groups in total. The van der Waals surface area contributed by atoms with Gasteiger partial charge in [0.25, 0.3) is 5.91 Å². The molecule has 23 heavy (non-hydrogen) atoms. The quantitative estimate of drug-likeness (QED) is 0.805. The van der Waals surface area contributed by atoms with E-state index in [4.69, 9.17) is 4.74 Å². The topological polar surface area (TPSA) is 55.6 Å². The molecule has 118 valence electrons. The molecule has 0 aliphatic rings. The minimum atomic E-state index is -0.184. The van der Waals surface area contributed by atoms with Crippen LogP contribution in [0.2, 0.25) is 0 Å². The number of ether oxygens (including phenoxy) is 1. The Morgan fingerprint density at radius 2 is 2.00 bits per heavy atom. The standard InChI is InChI=1S/C18H19N3O2/c1-12-5-4-10-21-11-16(20-17(12)21)18(22)19-13(2)14-6-8-15(23-3)9-7-14/h4-11,13H,1-3H3,(H,19,22). The van der Waals surface area contributed by atoms with Crippen LogP contribution in [-0.4, -0.2) is 22.4 Å². The van der Waals surface area contributed by atoms with Crippen LogP contribution in [0.4, 0.5) is 0 Å². The number of aromatic nitrogens is 2. The maximum Gasteiger partial charge on any atom is 0.271 e. The van der Waals surface area contributed by atoms with Gasteiger partial charge in [-0.2, -0.15) is 0 Å². The molecular formula is C18H19N3O2. The lowest BCUT2D eigenvalue weighted by molar-refractivity contribution is 0.0935. The number of benzene rings is 1. The molecule has 0 saturated carbocycles. The number of pyridine rings is 1. The lowest BCUT2D eigenvalue weighted by atomic mass is 10.1. The van der Waals surface area contributed by atoms with Crippen molar-refractivity contribution < 1.29 is 9.53 Å². The minimum Gasteiger partial charge on any atom is -0.497 e. The first kappa shape index (κ1) is 15.1. The van der Waals surface area contributed by atoms with E-state index >= 15 is 0 Å². The highest BCUT2D eigenvalue weighted by Gasteiger charge is 2.15. The van der Waals surface area contributed by atoms with Gasteiger partial charge in [-0.15, -0.1) is 0 Å². The second-order valence-electron chi connectivity index (χ2n) is 5.52. The summed E-state index contributed by atoms with van der Waals surface area (Å²) in [5, 5.41) is 2.97. The second-order valence-corrected chi connectivity index (χ2v) is 5.52. The number of methoxy groups -OCH3 is 1. The molecule has 0 aliphatic heterocycles. The van der Waals surface area contributed by atoms with Crippen molar-refractivity contribution in [2.75, 3.05) is 7.11 Å². The first-order chi connectivity index (χ1) is 11.1. The molecule has 1 unspecified atom stereocenters. The van der Waals surface area contributed by atoms with Crippen molar-refractivity contribution >= 4 is 11.6 Å². The fraction of sp³-hybridized carbons (Fsp3) is 0.222. The van der Waals surface area contributed by atoms with Crippen LogP contribution in [0.5, 0.6) is 5.75 Å². The number of fused-ring (bicyclic) bond motifs is 1. The maximum atomic E-state index is 12.4. The number of carbonyl (C=O) groups is 1. The van der Waals surface area contributed by atoms with Crippen molar-refractivity contribution in [1.82, 2.24) is 14.7 Å². The Hall–Kier alpha value is -2.82. The summed E-state index contributed by atoms with van der Waals surface area (Å²) in [7, 11) is 1.63. The summed E-state index contributed by atoms with van der Waals surface area (Å²) >= 11 is 0. The van der Waals surface area contributed by atoms with Gasteiger partial charge in [0.05, 0.1) is 13.2 Å². The third kappa shape index (κ3) is 3.04. The molecule has 5 heteroatoms. The van der Waals surface area contributed by atoms with Gasteiger partial charge >= 0.3 is 0 Å². The van der Waals surface area contributed by atoms with Gasteiger partial charge in [0.15, 0.2) is 0 Å². The van der Waals surface area contributed by atoms with E-state index in [1.165, 1.54) is 0 Å². The normalized spacial score (nSPS) is 12.1. The summed E-state index contributed by atoms with van der Waals surface area (Å²) in [6.45, 7) is 3.92. The van der Waals surface area contributed by atoms with E-state index in [-0.39, 0.29) is 11.9 Å². The maximum absolute atomic E-state index is 12.4. The number of nitrogens with one attached hydrogen (secondary N) is 1. The van der Waals surface area contributed by atoms with Crippen LogP contribution in [0.1, 0.15) is 34.6 Å². The van der Waals surface area contributed by atoms with E-state index in [2.05, 4.69) is 10.3 Å². The fourth-order valence-electron chi connectivity index (χ4n) is 2.51. The predicted molar refractivity (Wildman–Crippen MR) is 88.8 cm³/mol. The fourth-order valence-corrected chi connectivity index (χ4v) is 2.51. The summed E-state index contributed by atoms with van der Waals surface area (Å²) in [6.07, 6.45) is 3.64. The first-order valence-electron chi connectivity index (χ1n) is 7.47. The Morgan fingerprint density at radius 1 is 1.26 bits per heavy atom. The van der Waals surface area contributed by atoms with Crippen LogP contribution in [0.3, 0.4) is 0 Å². The molecule has 2 aromatic heterocycles. The molecule has 3 aromatic rings. The summed E-state index contributed by atoms with van der Waals surface area (Å²) in [6, 6.07) is 11.4. The van der Waals surface area contributed by atoms with E-state index in [1.807, 2.05) is 60.8 Å². The van der Waals surface area contributed by atoms with Gasteiger partial charge in [0.1, 0.15) is 17.1 Å². The van der Waals surface area contributed by atoms with Crippen molar-refractivity contribution in [2.24, 2.45) is 0 Å². The Labute approximate surface area is 134 Å². The molecule has 1 amide bonds. The van der Waals surface area contributed by atoms with Crippen molar-refractivity contribution in [2.45, 2.75) is 19.9 Å². The number of amides is 1. The van der Waals surface area contributed by atoms with E-state index < -0.39 is 0 Å². The third-order valence-corrected chi connectivity index (χ3v) is 3.87. The summed E-state index contributed by atoms with van der Waals surface area (Å²) in [5.41, 5.74) is 3.27. The number of hydrogen-bond acceptors (Lipinski definition) is 3. The van der Waals surface area contributed by atoms with Crippen molar-refractivity contribution in [1.29, 1.82) is 0 Å². The van der Waals surface area contributed by atoms with E-state index in [1.54, 1.807) is 13.3 Å². The molecular weight excluding hydrogens is 290 g/mol. The Balaban J connectivity index is 1.77. The molecule has 2 heterocycles. The van der Waals surface area contributed by atoms with Crippen LogP contribution >= 0.6 is 0 Å². The van der Waals surface area contributed by atoms with Gasteiger partial charge in [-0.3, -0.25) is 4.79 Å². The highest BCUT2D eigenvalue weighted by Crippen LogP contribution is 2.18. The number of hydrogen-bond donors (Lipinski definition) is 1. The van der Waals surface area contributed by atoms with Gasteiger partial charge < -0.3 is 14.5 Å². The average molecular weight is 309 g/mol. The van der Waals surface area contributed by atoms with E-state index in [9.17, 15) is 4.79 Å². The second kappa shape index (κ2) is 6.12. The van der Waals surface area contributed by atoms with E-state index in [0.29, 0.717) is 5.69 Å². The molecule has 0 aliphatic carbocycles. The van der Waals surface area contributed by atoms with Crippen LogP contribution in [0.15, 0.2) is 48.8 Å². The smallest absolute Gasteiger partial charge is 0.271 e. The minimum absolute atomic E-state index is 0.112. The van der Waals surface area contributed by atoms with Crippen LogP contribution in [0.25, 0.3) is 5.65 Å². The monoisotopic (exact) mass is 309 g/mol. The third-order valence-electron chi connectivity index (χ3n) is 3.87. The highest BCUT2D eigenvalue weighted by atomic mass is 16.5. The van der Waals surface area contributed by atoms with Gasteiger partial charge in [0, 0.05) is 12.4 Å². The van der Waals surface area contributed by atoms with Crippen LogP contribution < -0.4 is 10.1 Å². The van der Waals surface area contributed by atoms with E-state index in [0.717, 1.165) is 22.5 Å². The van der Waals surface area contributed by atoms with Crippen molar-refractivity contribution in [3.05, 3.63) is 65.6 Å². The first-order valence-corrected chi connectivity index (χ1v) is 7.47. The zero-order valence-electron chi connectivity index (χ0n) is 13.4. The largest absolute Gasteiger partial charge is 0.497 e. The number of rotatable bonds is 4. The van der Waals surface area contributed by atoms with Crippen molar-refractivity contribution in [3.8, 4) is 5.75 Å². The molecule has 0 bridgehead atoms. The number of carbonyl (C=O) groups excluding carboxylic acids is 1. The molecule has 5 nitrogen and oxygen atoms in total. The molecule has 0 radical (unpaired) electrons. The van der Waals surface area contributed by atoms with Crippen molar-refractivity contribution in [3.63, 3.8) is 0 Å². The van der Waals surface area contributed by atoms with Gasteiger partial charge in [-0.1, -0.05) is 18.2 Å². The highest BCUT2D eigenvalue weighted by molar-refractivity contribution is 5.93. The zero-order chi connectivity index (χ0) is 16.4. The van der Waals surface area contributed by atoms with Crippen LogP contribution in [0, 0.1) is 6.92 Å². The zero-order valence-corrected chi connectivity index (χ0v) is 13.4. The molecule has 0 spiro atoms. The Morgan fingerprint density at radius 3 is 2.65 bits per heavy atom. The van der Waals surface area contributed by atoms with Crippen LogP contribution in [-0.2, 0) is 0 Å². The average Bonchev–Trinajstić information content (AvgIpc) is 3.00. The Kier molecular flexibility index (Phi) is 4.02.